The molecular formula is C13H21BN2O3Si. The fraction of sp³-hybridized carbons (Fsp3) is 0.462. The van der Waals surface area contributed by atoms with Crippen molar-refractivity contribution in [1.29, 1.82) is 0 Å². The number of fused-ring (bicyclic) bond motifs is 1. The highest BCUT2D eigenvalue weighted by molar-refractivity contribution is 6.76. The van der Waals surface area contributed by atoms with Gasteiger partial charge in [-0.2, -0.15) is 0 Å². The fourth-order valence-corrected chi connectivity index (χ4v) is 2.75. The van der Waals surface area contributed by atoms with E-state index in [0.29, 0.717) is 17.8 Å². The first-order chi connectivity index (χ1) is 9.38. The zero-order chi connectivity index (χ0) is 14.8. The first-order valence-electron chi connectivity index (χ1n) is 6.76. The van der Waals surface area contributed by atoms with Gasteiger partial charge in [-0.1, -0.05) is 19.6 Å². The van der Waals surface area contributed by atoms with Crippen LogP contribution in [0.1, 0.15) is 0 Å². The molecule has 2 rings (SSSR count). The van der Waals surface area contributed by atoms with E-state index in [9.17, 15) is 10.0 Å². The average Bonchev–Trinajstić information content (AvgIpc) is 2.72. The molecule has 0 amide bonds. The molecule has 2 aromatic heterocycles. The lowest BCUT2D eigenvalue weighted by Gasteiger charge is -2.16. The normalized spacial score (nSPS) is 12.1. The lowest BCUT2D eigenvalue weighted by Crippen LogP contribution is -2.36. The molecule has 0 aliphatic heterocycles. The summed E-state index contributed by atoms with van der Waals surface area (Å²) in [5, 5.41) is 19.8. The first-order valence-corrected chi connectivity index (χ1v) is 10.5. The molecule has 7 heteroatoms. The van der Waals surface area contributed by atoms with Gasteiger partial charge in [-0.3, -0.25) is 0 Å². The Kier molecular flexibility index (Phi) is 4.64. The molecule has 2 heterocycles. The van der Waals surface area contributed by atoms with Crippen molar-refractivity contribution in [2.75, 3.05) is 6.61 Å². The van der Waals surface area contributed by atoms with Gasteiger partial charge in [0.1, 0.15) is 12.4 Å². The second-order valence-corrected chi connectivity index (χ2v) is 11.8. The van der Waals surface area contributed by atoms with Crippen LogP contribution in [0.3, 0.4) is 0 Å². The van der Waals surface area contributed by atoms with Crippen molar-refractivity contribution in [3.63, 3.8) is 0 Å². The third-order valence-electron chi connectivity index (χ3n) is 3.17. The smallest absolute Gasteiger partial charge is 0.422 e. The lowest BCUT2D eigenvalue weighted by molar-refractivity contribution is 0.0912. The van der Waals surface area contributed by atoms with Gasteiger partial charge in [0.15, 0.2) is 0 Å². The summed E-state index contributed by atoms with van der Waals surface area (Å²) in [4.78, 5) is 4.28. The predicted octanol–water partition coefficient (Wildman–Crippen LogP) is 1.03. The molecule has 108 valence electrons. The van der Waals surface area contributed by atoms with Gasteiger partial charge in [0.25, 0.3) is 0 Å². The Morgan fingerprint density at radius 3 is 2.75 bits per heavy atom. The zero-order valence-electron chi connectivity index (χ0n) is 12.2. The van der Waals surface area contributed by atoms with Crippen LogP contribution in [0.25, 0.3) is 11.0 Å². The van der Waals surface area contributed by atoms with Crippen LogP contribution in [0.2, 0.25) is 25.7 Å². The van der Waals surface area contributed by atoms with E-state index >= 15 is 0 Å². The summed E-state index contributed by atoms with van der Waals surface area (Å²) in [6.45, 7) is 7.87. The van der Waals surface area contributed by atoms with Crippen LogP contribution in [-0.2, 0) is 11.5 Å². The molecule has 2 N–H and O–H groups in total. The lowest BCUT2D eigenvalue weighted by atomic mass is 9.86. The van der Waals surface area contributed by atoms with Gasteiger partial charge >= 0.3 is 7.12 Å². The summed E-state index contributed by atoms with van der Waals surface area (Å²) >= 11 is 0. The van der Waals surface area contributed by atoms with Crippen LogP contribution in [-0.4, -0.2) is 41.4 Å². The van der Waals surface area contributed by atoms with Crippen LogP contribution < -0.4 is 5.59 Å². The van der Waals surface area contributed by atoms with Crippen LogP contribution >= 0.6 is 0 Å². The van der Waals surface area contributed by atoms with Crippen LogP contribution in [0, 0.1) is 0 Å². The topological polar surface area (TPSA) is 67.5 Å². The molecule has 0 bridgehead atoms. The maximum absolute atomic E-state index is 9.45. The molecular weight excluding hydrogens is 271 g/mol. The van der Waals surface area contributed by atoms with Crippen molar-refractivity contribution >= 4 is 31.8 Å². The van der Waals surface area contributed by atoms with Crippen molar-refractivity contribution in [2.45, 2.75) is 32.4 Å². The van der Waals surface area contributed by atoms with Crippen molar-refractivity contribution in [2.24, 2.45) is 0 Å². The first kappa shape index (κ1) is 15.2. The Morgan fingerprint density at radius 1 is 1.35 bits per heavy atom. The van der Waals surface area contributed by atoms with Gasteiger partial charge < -0.3 is 19.4 Å². The van der Waals surface area contributed by atoms with Crippen molar-refractivity contribution < 1.29 is 14.8 Å². The second kappa shape index (κ2) is 6.09. The molecule has 0 aliphatic rings. The van der Waals surface area contributed by atoms with E-state index in [4.69, 9.17) is 4.74 Å². The molecule has 0 saturated carbocycles. The molecule has 0 aromatic carbocycles. The van der Waals surface area contributed by atoms with E-state index < -0.39 is 15.2 Å². The maximum Gasteiger partial charge on any atom is 0.506 e. The third kappa shape index (κ3) is 3.70. The SMILES string of the molecule is C[Si](C)(C)CCOCn1c(B(O)O)cc2cccnc21. The van der Waals surface area contributed by atoms with E-state index in [-0.39, 0.29) is 6.73 Å². The highest BCUT2D eigenvalue weighted by Gasteiger charge is 2.20. The number of nitrogens with zero attached hydrogens (tertiary/aromatic N) is 2. The summed E-state index contributed by atoms with van der Waals surface area (Å²) in [7, 11) is -2.64. The molecule has 0 spiro atoms. The van der Waals surface area contributed by atoms with Gasteiger partial charge in [0.2, 0.25) is 0 Å². The number of ether oxygens (including phenoxy) is 1. The minimum Gasteiger partial charge on any atom is -0.422 e. The quantitative estimate of drug-likeness (QED) is 0.616. The van der Waals surface area contributed by atoms with E-state index in [1.54, 1.807) is 16.8 Å². The Labute approximate surface area is 120 Å². The Hall–Kier alpha value is -1.15. The van der Waals surface area contributed by atoms with Crippen molar-refractivity contribution in [1.82, 2.24) is 9.55 Å². The number of hydrogen-bond donors (Lipinski definition) is 2. The largest absolute Gasteiger partial charge is 0.506 e. The highest BCUT2D eigenvalue weighted by atomic mass is 28.3. The second-order valence-electron chi connectivity index (χ2n) is 6.14. The van der Waals surface area contributed by atoms with Crippen molar-refractivity contribution in [3.05, 3.63) is 24.4 Å². The molecule has 20 heavy (non-hydrogen) atoms. The van der Waals surface area contributed by atoms with E-state index in [1.807, 2.05) is 12.1 Å². The van der Waals surface area contributed by atoms with Gasteiger partial charge in [-0.05, 0) is 24.2 Å². The van der Waals surface area contributed by atoms with E-state index in [2.05, 4.69) is 24.6 Å². The van der Waals surface area contributed by atoms with Gasteiger partial charge in [-0.15, -0.1) is 0 Å². The van der Waals surface area contributed by atoms with Gasteiger partial charge in [0, 0.05) is 26.3 Å². The van der Waals surface area contributed by atoms with Gasteiger partial charge in [-0.25, -0.2) is 4.98 Å². The van der Waals surface area contributed by atoms with Crippen LogP contribution in [0.4, 0.5) is 0 Å². The molecule has 2 aromatic rings. The number of rotatable bonds is 6. The number of aromatic nitrogens is 2. The molecule has 0 atom stereocenters. The summed E-state index contributed by atoms with van der Waals surface area (Å²) in [6.07, 6.45) is 1.69. The molecule has 0 radical (unpaired) electrons. The average molecular weight is 292 g/mol. The molecule has 0 unspecified atom stereocenters. The van der Waals surface area contributed by atoms with Gasteiger partial charge in [0.05, 0.1) is 5.59 Å². The predicted molar refractivity (Wildman–Crippen MR) is 83.7 cm³/mol. The zero-order valence-corrected chi connectivity index (χ0v) is 13.2. The van der Waals surface area contributed by atoms with E-state index in [1.165, 1.54) is 0 Å². The van der Waals surface area contributed by atoms with Crippen LogP contribution in [0.15, 0.2) is 24.4 Å². The standard InChI is InChI=1S/C13H21BN2O3Si/c1-20(2,3)8-7-19-10-16-12(14(17)18)9-11-5-4-6-15-13(11)16/h4-6,9,17-18H,7-8,10H2,1-3H3. The molecule has 5 nitrogen and oxygen atoms in total. The summed E-state index contributed by atoms with van der Waals surface area (Å²) in [5.74, 6) is 0. The van der Waals surface area contributed by atoms with Crippen molar-refractivity contribution in [3.8, 4) is 0 Å². The highest BCUT2D eigenvalue weighted by Crippen LogP contribution is 2.12. The fourth-order valence-electron chi connectivity index (χ4n) is 1.99. The maximum atomic E-state index is 9.45. The molecule has 0 saturated heterocycles. The molecule has 0 aliphatic carbocycles. The third-order valence-corrected chi connectivity index (χ3v) is 4.87. The minimum absolute atomic E-state index is 0.290. The Morgan fingerprint density at radius 2 is 2.10 bits per heavy atom. The minimum atomic E-state index is -1.52. The summed E-state index contributed by atoms with van der Waals surface area (Å²) < 4.78 is 7.40. The number of hydrogen-bond acceptors (Lipinski definition) is 4. The Balaban J connectivity index is 2.13. The Bertz CT molecular complexity index is 580. The summed E-state index contributed by atoms with van der Waals surface area (Å²) in [6, 6.07) is 6.53. The van der Waals surface area contributed by atoms with Crippen LogP contribution in [0.5, 0.6) is 0 Å². The molecule has 0 fully saturated rings. The monoisotopic (exact) mass is 292 g/mol. The number of pyridine rings is 1. The van der Waals surface area contributed by atoms with E-state index in [0.717, 1.165) is 11.4 Å². The summed E-state index contributed by atoms with van der Waals surface area (Å²) in [5.41, 5.74) is 1.12.